The lowest BCUT2D eigenvalue weighted by Gasteiger charge is -2.28. The third-order valence-electron chi connectivity index (χ3n) is 5.28. The molecule has 1 heterocycles. The molecule has 0 aliphatic heterocycles. The topological polar surface area (TPSA) is 68.5 Å². The molecule has 30 heavy (non-hydrogen) atoms. The molecule has 0 N–H and O–H groups in total. The first-order valence-electron chi connectivity index (χ1n) is 10.4. The Morgan fingerprint density at radius 3 is 2.67 bits per heavy atom. The Balaban J connectivity index is 1.61. The van der Waals surface area contributed by atoms with Gasteiger partial charge in [0.25, 0.3) is 0 Å². The van der Waals surface area contributed by atoms with E-state index in [9.17, 15) is 4.79 Å². The fourth-order valence-electron chi connectivity index (χ4n) is 3.30. The van der Waals surface area contributed by atoms with Crippen molar-refractivity contribution in [3.05, 3.63) is 66.1 Å². The van der Waals surface area contributed by atoms with Gasteiger partial charge in [-0.2, -0.15) is 4.98 Å². The van der Waals surface area contributed by atoms with Crippen molar-refractivity contribution in [3.8, 4) is 17.1 Å². The van der Waals surface area contributed by atoms with Gasteiger partial charge in [0.2, 0.25) is 17.6 Å². The van der Waals surface area contributed by atoms with Gasteiger partial charge in [0, 0.05) is 31.0 Å². The number of benzene rings is 2. The zero-order chi connectivity index (χ0) is 21.3. The van der Waals surface area contributed by atoms with E-state index in [1.54, 1.807) is 7.11 Å². The Hall–Kier alpha value is -3.15. The minimum absolute atomic E-state index is 0.153. The summed E-state index contributed by atoms with van der Waals surface area (Å²) in [6.07, 6.45) is 2.66. The number of carbonyl (C=O) groups excluding carboxylic acids is 1. The molecule has 6 heteroatoms. The number of aromatic nitrogens is 2. The highest BCUT2D eigenvalue weighted by Gasteiger charge is 2.20. The van der Waals surface area contributed by atoms with Crippen LogP contribution >= 0.6 is 0 Å². The Kier molecular flexibility index (Phi) is 7.60. The predicted molar refractivity (Wildman–Crippen MR) is 116 cm³/mol. The molecule has 0 spiro atoms. The van der Waals surface area contributed by atoms with Gasteiger partial charge in [0.15, 0.2) is 0 Å². The van der Waals surface area contributed by atoms with Crippen LogP contribution in [-0.4, -0.2) is 40.6 Å². The van der Waals surface area contributed by atoms with E-state index in [-0.39, 0.29) is 11.9 Å². The fraction of sp³-hybridized carbons (Fsp3) is 0.375. The second-order valence-corrected chi connectivity index (χ2v) is 7.32. The molecule has 3 aromatic rings. The molecule has 0 saturated carbocycles. The van der Waals surface area contributed by atoms with Crippen molar-refractivity contribution in [1.82, 2.24) is 15.0 Å². The molecule has 2 aromatic carbocycles. The van der Waals surface area contributed by atoms with Crippen LogP contribution in [0.15, 0.2) is 59.1 Å². The first kappa shape index (κ1) is 21.6. The van der Waals surface area contributed by atoms with Crippen LogP contribution in [0.2, 0.25) is 0 Å². The second kappa shape index (κ2) is 10.6. The average Bonchev–Trinajstić information content (AvgIpc) is 3.27. The van der Waals surface area contributed by atoms with E-state index in [1.807, 2.05) is 47.4 Å². The second-order valence-electron chi connectivity index (χ2n) is 7.32. The van der Waals surface area contributed by atoms with Crippen LogP contribution in [-0.2, 0) is 17.6 Å². The number of methoxy groups -OCH3 is 1. The number of nitrogens with zero attached hydrogens (tertiary/aromatic N) is 3. The van der Waals surface area contributed by atoms with Crippen LogP contribution in [0.4, 0.5) is 0 Å². The Morgan fingerprint density at radius 2 is 1.93 bits per heavy atom. The number of hydrogen-bond acceptors (Lipinski definition) is 5. The third-order valence-corrected chi connectivity index (χ3v) is 5.28. The highest BCUT2D eigenvalue weighted by molar-refractivity contribution is 5.76. The van der Waals surface area contributed by atoms with Crippen molar-refractivity contribution in [2.24, 2.45) is 0 Å². The maximum atomic E-state index is 12.9. The molecule has 0 unspecified atom stereocenters. The molecule has 6 nitrogen and oxygen atoms in total. The molecule has 3 rings (SSSR count). The zero-order valence-corrected chi connectivity index (χ0v) is 17.9. The largest absolute Gasteiger partial charge is 0.497 e. The Morgan fingerprint density at radius 1 is 1.13 bits per heavy atom. The van der Waals surface area contributed by atoms with Crippen molar-refractivity contribution in [1.29, 1.82) is 0 Å². The first-order chi connectivity index (χ1) is 14.6. The van der Waals surface area contributed by atoms with Gasteiger partial charge in [-0.3, -0.25) is 4.79 Å². The van der Waals surface area contributed by atoms with Crippen LogP contribution < -0.4 is 4.74 Å². The van der Waals surface area contributed by atoms with E-state index >= 15 is 0 Å². The monoisotopic (exact) mass is 407 g/mol. The summed E-state index contributed by atoms with van der Waals surface area (Å²) < 4.78 is 10.7. The quantitative estimate of drug-likeness (QED) is 0.493. The van der Waals surface area contributed by atoms with Gasteiger partial charge in [-0.05, 0) is 37.5 Å². The summed E-state index contributed by atoms with van der Waals surface area (Å²) in [6, 6.07) is 17.8. The van der Waals surface area contributed by atoms with Crippen molar-refractivity contribution >= 4 is 5.91 Å². The molecule has 0 radical (unpaired) electrons. The maximum absolute atomic E-state index is 12.9. The summed E-state index contributed by atoms with van der Waals surface area (Å²) in [5.74, 6) is 1.94. The van der Waals surface area contributed by atoms with Gasteiger partial charge in [-0.15, -0.1) is 0 Å². The summed E-state index contributed by atoms with van der Waals surface area (Å²) in [4.78, 5) is 19.3. The number of aryl methyl sites for hydroxylation is 1. The summed E-state index contributed by atoms with van der Waals surface area (Å²) >= 11 is 0. The average molecular weight is 408 g/mol. The highest BCUT2D eigenvalue weighted by Crippen LogP contribution is 2.21. The molecule has 0 aliphatic rings. The van der Waals surface area contributed by atoms with E-state index in [1.165, 1.54) is 5.56 Å². The van der Waals surface area contributed by atoms with Crippen molar-refractivity contribution in [2.75, 3.05) is 13.7 Å². The van der Waals surface area contributed by atoms with Crippen molar-refractivity contribution in [2.45, 2.75) is 45.6 Å². The van der Waals surface area contributed by atoms with Crippen LogP contribution in [0.1, 0.15) is 38.1 Å². The molecule has 0 aliphatic carbocycles. The lowest BCUT2D eigenvalue weighted by molar-refractivity contribution is -0.133. The normalized spacial score (nSPS) is 11.8. The standard InChI is InChI=1S/C24H29N3O3/c1-4-18(2)27(23(28)14-13-19-9-6-5-7-10-19)16-15-22-25-24(26-30-22)20-11-8-12-21(17-20)29-3/h5-12,17-18H,4,13-16H2,1-3H3/t18-/m1/s1. The Bertz CT molecular complexity index is 940. The minimum Gasteiger partial charge on any atom is -0.497 e. The number of amides is 1. The van der Waals surface area contributed by atoms with Gasteiger partial charge < -0.3 is 14.2 Å². The van der Waals surface area contributed by atoms with Gasteiger partial charge in [0.05, 0.1) is 7.11 Å². The molecular formula is C24H29N3O3. The van der Waals surface area contributed by atoms with Crippen molar-refractivity contribution < 1.29 is 14.1 Å². The molecule has 0 bridgehead atoms. The Labute approximate surface area is 177 Å². The lowest BCUT2D eigenvalue weighted by Crippen LogP contribution is -2.40. The number of rotatable bonds is 10. The minimum atomic E-state index is 0.153. The smallest absolute Gasteiger partial charge is 0.228 e. The van der Waals surface area contributed by atoms with E-state index in [2.05, 4.69) is 36.1 Å². The third kappa shape index (κ3) is 5.69. The predicted octanol–water partition coefficient (Wildman–Crippen LogP) is 4.55. The van der Waals surface area contributed by atoms with E-state index in [4.69, 9.17) is 9.26 Å². The molecule has 0 fully saturated rings. The lowest BCUT2D eigenvalue weighted by atomic mass is 10.1. The van der Waals surface area contributed by atoms with Gasteiger partial charge >= 0.3 is 0 Å². The zero-order valence-electron chi connectivity index (χ0n) is 17.9. The van der Waals surface area contributed by atoms with Gasteiger partial charge in [-0.25, -0.2) is 0 Å². The highest BCUT2D eigenvalue weighted by atomic mass is 16.5. The molecule has 158 valence electrons. The van der Waals surface area contributed by atoms with E-state index in [0.29, 0.717) is 31.1 Å². The molecule has 1 atom stereocenters. The molecule has 1 aromatic heterocycles. The SMILES string of the molecule is CC[C@@H](C)N(CCc1nc(-c2cccc(OC)c2)no1)C(=O)CCc1ccccc1. The first-order valence-corrected chi connectivity index (χ1v) is 10.4. The number of hydrogen-bond donors (Lipinski definition) is 0. The summed E-state index contributed by atoms with van der Waals surface area (Å²) in [5.41, 5.74) is 2.01. The van der Waals surface area contributed by atoms with Gasteiger partial charge in [-0.1, -0.05) is 54.5 Å². The summed E-state index contributed by atoms with van der Waals surface area (Å²) in [6.45, 7) is 4.73. The van der Waals surface area contributed by atoms with Crippen LogP contribution in [0.25, 0.3) is 11.4 Å². The summed E-state index contributed by atoms with van der Waals surface area (Å²) in [7, 11) is 1.62. The molecule has 0 saturated heterocycles. The van der Waals surface area contributed by atoms with Crippen LogP contribution in [0, 0.1) is 0 Å². The van der Waals surface area contributed by atoms with Crippen molar-refractivity contribution in [3.63, 3.8) is 0 Å². The summed E-state index contributed by atoms with van der Waals surface area (Å²) in [5, 5.41) is 4.08. The maximum Gasteiger partial charge on any atom is 0.228 e. The van der Waals surface area contributed by atoms with Crippen LogP contribution in [0.5, 0.6) is 5.75 Å². The van der Waals surface area contributed by atoms with Crippen LogP contribution in [0.3, 0.4) is 0 Å². The number of carbonyl (C=O) groups is 1. The molecular weight excluding hydrogens is 378 g/mol. The fourth-order valence-corrected chi connectivity index (χ4v) is 3.30. The van der Waals surface area contributed by atoms with E-state index < -0.39 is 0 Å². The van der Waals surface area contributed by atoms with E-state index in [0.717, 1.165) is 24.2 Å². The molecule has 1 amide bonds. The van der Waals surface area contributed by atoms with Gasteiger partial charge in [0.1, 0.15) is 5.75 Å². The number of ether oxygens (including phenoxy) is 1.